The minimum atomic E-state index is -3.18. The summed E-state index contributed by atoms with van der Waals surface area (Å²) in [6.07, 6.45) is 4.46. The molecule has 0 spiro atoms. The molecule has 3 heterocycles. The SMILES string of the molecule is O=S(=O)(NC[C@@H]1Cn2nnc(-c3ccoc3)c2CO1)C1CC1. The third-order valence-corrected chi connectivity index (χ3v) is 5.86. The van der Waals surface area contributed by atoms with E-state index in [4.69, 9.17) is 9.15 Å². The second-order valence-electron chi connectivity index (χ2n) is 5.60. The molecule has 1 fully saturated rings. The molecule has 4 rings (SSSR count). The summed E-state index contributed by atoms with van der Waals surface area (Å²) in [7, 11) is -3.18. The van der Waals surface area contributed by atoms with Crippen LogP contribution in [-0.2, 0) is 27.9 Å². The van der Waals surface area contributed by atoms with Gasteiger partial charge in [0.2, 0.25) is 10.0 Å². The van der Waals surface area contributed by atoms with Crippen LogP contribution in [0.15, 0.2) is 23.0 Å². The minimum absolute atomic E-state index is 0.217. The fourth-order valence-corrected chi connectivity index (χ4v) is 3.93. The first-order chi connectivity index (χ1) is 10.6. The predicted octanol–water partition coefficient (Wildman–Crippen LogP) is 0.519. The van der Waals surface area contributed by atoms with Gasteiger partial charge in [-0.3, -0.25) is 0 Å². The largest absolute Gasteiger partial charge is 0.472 e. The van der Waals surface area contributed by atoms with Crippen LogP contribution in [0.1, 0.15) is 18.5 Å². The Labute approximate surface area is 127 Å². The molecule has 0 aromatic carbocycles. The monoisotopic (exact) mass is 324 g/mol. The first kappa shape index (κ1) is 13.9. The Morgan fingerprint density at radius 1 is 1.41 bits per heavy atom. The summed E-state index contributed by atoms with van der Waals surface area (Å²) < 4.78 is 38.8. The van der Waals surface area contributed by atoms with Crippen LogP contribution in [0.2, 0.25) is 0 Å². The first-order valence-corrected chi connectivity index (χ1v) is 8.73. The number of sulfonamides is 1. The molecule has 0 amide bonds. The fourth-order valence-electron chi connectivity index (χ4n) is 2.52. The highest BCUT2D eigenvalue weighted by Gasteiger charge is 2.36. The predicted molar refractivity (Wildman–Crippen MR) is 76.2 cm³/mol. The van der Waals surface area contributed by atoms with Crippen LogP contribution in [0.25, 0.3) is 11.3 Å². The maximum Gasteiger partial charge on any atom is 0.214 e. The summed E-state index contributed by atoms with van der Waals surface area (Å²) in [6.45, 7) is 1.09. The van der Waals surface area contributed by atoms with E-state index in [0.717, 1.165) is 29.8 Å². The zero-order chi connectivity index (χ0) is 15.2. The van der Waals surface area contributed by atoms with Crippen LogP contribution >= 0.6 is 0 Å². The van der Waals surface area contributed by atoms with Crippen molar-refractivity contribution in [2.24, 2.45) is 0 Å². The maximum absolute atomic E-state index is 11.8. The van der Waals surface area contributed by atoms with Crippen molar-refractivity contribution in [2.75, 3.05) is 6.54 Å². The summed E-state index contributed by atoms with van der Waals surface area (Å²) in [5.74, 6) is 0. The number of nitrogens with zero attached hydrogens (tertiary/aromatic N) is 3. The molecule has 1 N–H and O–H groups in total. The van der Waals surface area contributed by atoms with Gasteiger partial charge in [0.1, 0.15) is 5.69 Å². The second kappa shape index (κ2) is 5.18. The van der Waals surface area contributed by atoms with Gasteiger partial charge < -0.3 is 9.15 Å². The lowest BCUT2D eigenvalue weighted by Crippen LogP contribution is -2.40. The zero-order valence-electron chi connectivity index (χ0n) is 11.8. The number of hydrogen-bond acceptors (Lipinski definition) is 6. The van der Waals surface area contributed by atoms with Gasteiger partial charge in [-0.25, -0.2) is 17.8 Å². The van der Waals surface area contributed by atoms with Crippen LogP contribution in [0, 0.1) is 0 Å². The Bertz CT molecular complexity index is 764. The summed E-state index contributed by atoms with van der Waals surface area (Å²) in [5, 5.41) is 8.06. The molecule has 1 aliphatic heterocycles. The highest BCUT2D eigenvalue weighted by molar-refractivity contribution is 7.90. The van der Waals surface area contributed by atoms with Crippen LogP contribution < -0.4 is 4.72 Å². The van der Waals surface area contributed by atoms with Gasteiger partial charge in [-0.1, -0.05) is 5.21 Å². The van der Waals surface area contributed by atoms with Crippen LogP contribution in [0.5, 0.6) is 0 Å². The number of hydrogen-bond donors (Lipinski definition) is 1. The Morgan fingerprint density at radius 2 is 2.27 bits per heavy atom. The molecule has 2 aromatic heterocycles. The highest BCUT2D eigenvalue weighted by Crippen LogP contribution is 2.28. The van der Waals surface area contributed by atoms with E-state index in [1.807, 2.05) is 6.07 Å². The third-order valence-electron chi connectivity index (χ3n) is 3.94. The number of nitrogens with one attached hydrogen (secondary N) is 1. The van der Waals surface area contributed by atoms with Crippen molar-refractivity contribution in [1.29, 1.82) is 0 Å². The molecule has 0 unspecified atom stereocenters. The van der Waals surface area contributed by atoms with Crippen molar-refractivity contribution in [2.45, 2.75) is 37.3 Å². The molecule has 1 aliphatic carbocycles. The average Bonchev–Trinajstić information content (AvgIpc) is 3.09. The minimum Gasteiger partial charge on any atom is -0.472 e. The van der Waals surface area contributed by atoms with Gasteiger partial charge in [0.05, 0.1) is 42.7 Å². The quantitative estimate of drug-likeness (QED) is 0.861. The van der Waals surface area contributed by atoms with E-state index in [1.54, 1.807) is 17.2 Å². The number of aromatic nitrogens is 3. The van der Waals surface area contributed by atoms with E-state index in [0.29, 0.717) is 13.2 Å². The molecule has 22 heavy (non-hydrogen) atoms. The molecule has 118 valence electrons. The molecule has 0 saturated heterocycles. The molecule has 1 saturated carbocycles. The summed E-state index contributed by atoms with van der Waals surface area (Å²) >= 11 is 0. The summed E-state index contributed by atoms with van der Waals surface area (Å²) in [6, 6.07) is 1.82. The highest BCUT2D eigenvalue weighted by atomic mass is 32.2. The van der Waals surface area contributed by atoms with Crippen molar-refractivity contribution < 1.29 is 17.6 Å². The van der Waals surface area contributed by atoms with Crippen molar-refractivity contribution in [1.82, 2.24) is 19.7 Å². The lowest BCUT2D eigenvalue weighted by atomic mass is 10.2. The van der Waals surface area contributed by atoms with Gasteiger partial charge in [-0.05, 0) is 18.9 Å². The molecule has 0 radical (unpaired) electrons. The molecule has 0 bridgehead atoms. The average molecular weight is 324 g/mol. The summed E-state index contributed by atoms with van der Waals surface area (Å²) in [5.41, 5.74) is 2.48. The van der Waals surface area contributed by atoms with Crippen molar-refractivity contribution in [3.8, 4) is 11.3 Å². The number of ether oxygens (including phenoxy) is 1. The number of rotatable bonds is 5. The lowest BCUT2D eigenvalue weighted by molar-refractivity contribution is 0.00431. The number of fused-ring (bicyclic) bond motifs is 1. The van der Waals surface area contributed by atoms with Gasteiger partial charge in [0.15, 0.2) is 0 Å². The van der Waals surface area contributed by atoms with E-state index in [2.05, 4.69) is 15.0 Å². The van der Waals surface area contributed by atoms with Crippen molar-refractivity contribution in [3.63, 3.8) is 0 Å². The lowest BCUT2D eigenvalue weighted by Gasteiger charge is -2.24. The molecule has 1 atom stereocenters. The molecular weight excluding hydrogens is 308 g/mol. The fraction of sp³-hybridized carbons (Fsp3) is 0.538. The Morgan fingerprint density at radius 3 is 3.00 bits per heavy atom. The van der Waals surface area contributed by atoms with E-state index in [9.17, 15) is 8.42 Å². The Kier molecular flexibility index (Phi) is 3.28. The van der Waals surface area contributed by atoms with Crippen molar-refractivity contribution >= 4 is 10.0 Å². The van der Waals surface area contributed by atoms with Crippen LogP contribution in [0.4, 0.5) is 0 Å². The molecule has 8 nitrogen and oxygen atoms in total. The van der Waals surface area contributed by atoms with E-state index in [-0.39, 0.29) is 17.9 Å². The van der Waals surface area contributed by atoms with Crippen LogP contribution in [-0.4, -0.2) is 41.3 Å². The Hall–Kier alpha value is -1.71. The van der Waals surface area contributed by atoms with Gasteiger partial charge in [0.25, 0.3) is 0 Å². The topological polar surface area (TPSA) is 99.2 Å². The number of furan rings is 1. The smallest absolute Gasteiger partial charge is 0.214 e. The zero-order valence-corrected chi connectivity index (χ0v) is 12.6. The molecule has 9 heteroatoms. The standard InChI is InChI=1S/C13H16N4O4S/c18-22(19,11-1-2-11)14-5-10-6-17-12(8-21-10)13(15-16-17)9-3-4-20-7-9/h3-4,7,10-11,14H,1-2,5-6,8H2/t10-/m1/s1. The van der Waals surface area contributed by atoms with Gasteiger partial charge in [-0.2, -0.15) is 0 Å². The molecule has 2 aromatic rings. The Balaban J connectivity index is 1.44. The molecule has 2 aliphatic rings. The van der Waals surface area contributed by atoms with E-state index >= 15 is 0 Å². The van der Waals surface area contributed by atoms with Gasteiger partial charge in [-0.15, -0.1) is 5.10 Å². The third kappa shape index (κ3) is 2.55. The van der Waals surface area contributed by atoms with E-state index in [1.165, 1.54) is 0 Å². The van der Waals surface area contributed by atoms with E-state index < -0.39 is 10.0 Å². The maximum atomic E-state index is 11.8. The second-order valence-corrected chi connectivity index (χ2v) is 7.65. The van der Waals surface area contributed by atoms with Crippen molar-refractivity contribution in [3.05, 3.63) is 24.3 Å². The summed E-state index contributed by atoms with van der Waals surface area (Å²) in [4.78, 5) is 0. The van der Waals surface area contributed by atoms with Gasteiger partial charge >= 0.3 is 0 Å². The van der Waals surface area contributed by atoms with Gasteiger partial charge in [0, 0.05) is 12.1 Å². The molecular formula is C13H16N4O4S. The first-order valence-electron chi connectivity index (χ1n) is 7.18. The normalized spacial score (nSPS) is 21.7. The van der Waals surface area contributed by atoms with Crippen LogP contribution in [0.3, 0.4) is 0 Å².